The average molecular weight is 554 g/mol. The number of sulfonamides is 1. The molecular weight excluding hydrogens is 522 g/mol. The molecule has 2 N–H and O–H groups in total. The lowest BCUT2D eigenvalue weighted by Gasteiger charge is -2.36. The number of nitrogens with one attached hydrogen (secondary N) is 1. The van der Waals surface area contributed by atoms with Gasteiger partial charge in [0.2, 0.25) is 15.9 Å². The third-order valence-electron chi connectivity index (χ3n) is 7.82. The molecule has 200 valence electrons. The van der Waals surface area contributed by atoms with Gasteiger partial charge < -0.3 is 10.4 Å². The number of amides is 1. The lowest BCUT2D eigenvalue weighted by atomic mass is 9.68. The molecule has 1 saturated heterocycles. The zero-order valence-corrected chi connectivity index (χ0v) is 22.7. The summed E-state index contributed by atoms with van der Waals surface area (Å²) in [6.45, 7) is 0.231. The van der Waals surface area contributed by atoms with Gasteiger partial charge >= 0.3 is 0 Å². The Kier molecular flexibility index (Phi) is 7.86. The first-order valence-corrected chi connectivity index (χ1v) is 14.9. The van der Waals surface area contributed by atoms with E-state index in [1.165, 1.54) is 4.31 Å². The average Bonchev–Trinajstić information content (AvgIpc) is 3.44. The molecule has 38 heavy (non-hydrogen) atoms. The number of anilines is 1. The minimum absolute atomic E-state index is 0.0744. The quantitative estimate of drug-likeness (QED) is 0.409. The molecule has 1 aliphatic heterocycles. The highest BCUT2D eigenvalue weighted by Crippen LogP contribution is 2.41. The van der Waals surface area contributed by atoms with Crippen molar-refractivity contribution in [1.82, 2.24) is 9.29 Å². The second-order valence-electron chi connectivity index (χ2n) is 10.1. The van der Waals surface area contributed by atoms with Gasteiger partial charge in [-0.25, -0.2) is 13.4 Å². The SMILES string of the molecule is O=C(Nc1cccc(-c2ccc(S(=O)(=O)N3CCC[C@@H]3CO)cc2)n1)C1(c2ccc(Cl)cc2)CCCCC1. The molecule has 3 aromatic rings. The van der Waals surface area contributed by atoms with Crippen LogP contribution in [0.1, 0.15) is 50.5 Å². The molecule has 2 aliphatic rings. The van der Waals surface area contributed by atoms with Crippen LogP contribution in [0.25, 0.3) is 11.3 Å². The molecule has 2 fully saturated rings. The Morgan fingerprint density at radius 2 is 1.71 bits per heavy atom. The number of nitrogens with zero attached hydrogens (tertiary/aromatic N) is 2. The Labute approximate surface area is 228 Å². The van der Waals surface area contributed by atoms with E-state index in [1.807, 2.05) is 36.4 Å². The van der Waals surface area contributed by atoms with Crippen LogP contribution in [0.15, 0.2) is 71.6 Å². The predicted octanol–water partition coefficient (Wildman–Crippen LogP) is 5.39. The largest absolute Gasteiger partial charge is 0.395 e. The van der Waals surface area contributed by atoms with E-state index in [2.05, 4.69) is 10.3 Å². The molecular formula is C29H32ClN3O4S. The van der Waals surface area contributed by atoms with E-state index in [9.17, 15) is 18.3 Å². The molecule has 1 saturated carbocycles. The summed E-state index contributed by atoms with van der Waals surface area (Å²) in [6.07, 6.45) is 6.01. The summed E-state index contributed by atoms with van der Waals surface area (Å²) >= 11 is 6.11. The fourth-order valence-electron chi connectivity index (χ4n) is 5.71. The molecule has 1 aromatic heterocycles. The van der Waals surface area contributed by atoms with Crippen molar-refractivity contribution in [3.05, 3.63) is 77.3 Å². The van der Waals surface area contributed by atoms with Gasteiger partial charge in [-0.05, 0) is 67.6 Å². The number of hydrogen-bond donors (Lipinski definition) is 2. The Bertz CT molecular complexity index is 1390. The van der Waals surface area contributed by atoms with Crippen LogP contribution < -0.4 is 5.32 Å². The first-order chi connectivity index (χ1) is 18.3. The lowest BCUT2D eigenvalue weighted by molar-refractivity contribution is -0.122. The highest BCUT2D eigenvalue weighted by Gasteiger charge is 2.41. The summed E-state index contributed by atoms with van der Waals surface area (Å²) in [4.78, 5) is 18.5. The topological polar surface area (TPSA) is 99.6 Å². The normalized spacial score (nSPS) is 19.8. The summed E-state index contributed by atoms with van der Waals surface area (Å²) in [5, 5.41) is 13.2. The van der Waals surface area contributed by atoms with Gasteiger partial charge in [0.15, 0.2) is 0 Å². The van der Waals surface area contributed by atoms with Crippen molar-refractivity contribution in [2.24, 2.45) is 0 Å². The summed E-state index contributed by atoms with van der Waals surface area (Å²) < 4.78 is 27.6. The van der Waals surface area contributed by atoms with Crippen molar-refractivity contribution in [3.8, 4) is 11.3 Å². The number of benzene rings is 2. The van der Waals surface area contributed by atoms with Crippen molar-refractivity contribution in [2.75, 3.05) is 18.5 Å². The minimum atomic E-state index is -3.68. The van der Waals surface area contributed by atoms with E-state index >= 15 is 0 Å². The molecule has 1 aliphatic carbocycles. The molecule has 2 heterocycles. The van der Waals surface area contributed by atoms with Gasteiger partial charge in [0.05, 0.1) is 22.6 Å². The predicted molar refractivity (Wildman–Crippen MR) is 149 cm³/mol. The van der Waals surface area contributed by atoms with Gasteiger partial charge in [0, 0.05) is 23.2 Å². The molecule has 7 nitrogen and oxygen atoms in total. The van der Waals surface area contributed by atoms with Crippen LogP contribution in [0.3, 0.4) is 0 Å². The molecule has 0 unspecified atom stereocenters. The highest BCUT2D eigenvalue weighted by molar-refractivity contribution is 7.89. The summed E-state index contributed by atoms with van der Waals surface area (Å²) in [7, 11) is -3.68. The fraction of sp³-hybridized carbons (Fsp3) is 0.379. The third kappa shape index (κ3) is 5.23. The molecule has 2 aromatic carbocycles. The van der Waals surface area contributed by atoms with E-state index in [0.29, 0.717) is 29.5 Å². The zero-order chi connectivity index (χ0) is 26.8. The Morgan fingerprint density at radius 3 is 2.39 bits per heavy atom. The Balaban J connectivity index is 1.36. The summed E-state index contributed by atoms with van der Waals surface area (Å²) in [5.41, 5.74) is 1.71. The monoisotopic (exact) mass is 553 g/mol. The van der Waals surface area contributed by atoms with Crippen molar-refractivity contribution >= 4 is 33.3 Å². The zero-order valence-electron chi connectivity index (χ0n) is 21.1. The van der Waals surface area contributed by atoms with Crippen molar-refractivity contribution in [2.45, 2.75) is 61.3 Å². The maximum absolute atomic E-state index is 13.7. The fourth-order valence-corrected chi connectivity index (χ4v) is 7.52. The highest BCUT2D eigenvalue weighted by atomic mass is 35.5. The van der Waals surface area contributed by atoms with E-state index in [1.54, 1.807) is 30.3 Å². The van der Waals surface area contributed by atoms with Crippen molar-refractivity contribution in [3.63, 3.8) is 0 Å². The minimum Gasteiger partial charge on any atom is -0.395 e. The van der Waals surface area contributed by atoms with Crippen LogP contribution in [-0.2, 0) is 20.2 Å². The number of carbonyl (C=O) groups excluding carboxylic acids is 1. The van der Waals surface area contributed by atoms with Crippen LogP contribution in [-0.4, -0.2) is 47.9 Å². The van der Waals surface area contributed by atoms with Crippen molar-refractivity contribution in [1.29, 1.82) is 0 Å². The van der Waals surface area contributed by atoms with Gasteiger partial charge in [-0.15, -0.1) is 0 Å². The standard InChI is InChI=1S/C29H32ClN3O4S/c30-23-13-11-22(12-14-23)29(17-2-1-3-18-29)28(35)32-27-8-4-7-26(31-27)21-9-15-25(16-10-21)38(36,37)33-19-5-6-24(33)20-34/h4,7-16,24,34H,1-3,5-6,17-20H2,(H,31,32,35)/t24-/m1/s1. The number of pyridine rings is 1. The number of aliphatic hydroxyl groups is 1. The number of rotatable bonds is 7. The Hall–Kier alpha value is -2.78. The molecule has 9 heteroatoms. The lowest BCUT2D eigenvalue weighted by Crippen LogP contribution is -2.42. The summed E-state index contributed by atoms with van der Waals surface area (Å²) in [6, 6.07) is 19.2. The molecule has 0 spiro atoms. The van der Waals surface area contributed by atoms with E-state index < -0.39 is 15.4 Å². The van der Waals surface area contributed by atoms with E-state index in [4.69, 9.17) is 11.6 Å². The van der Waals surface area contributed by atoms with Gasteiger partial charge in [-0.2, -0.15) is 4.31 Å². The molecule has 0 bridgehead atoms. The Morgan fingerprint density at radius 1 is 1.00 bits per heavy atom. The molecule has 1 amide bonds. The molecule has 1 atom stereocenters. The number of aliphatic hydroxyl groups excluding tert-OH is 1. The van der Waals surface area contributed by atoms with E-state index in [0.717, 1.165) is 49.7 Å². The second-order valence-corrected chi connectivity index (χ2v) is 12.5. The second kappa shape index (κ2) is 11.1. The van der Waals surface area contributed by atoms with Crippen LogP contribution in [0.5, 0.6) is 0 Å². The maximum atomic E-state index is 13.7. The smallest absolute Gasteiger partial charge is 0.243 e. The van der Waals surface area contributed by atoms with Crippen LogP contribution in [0.2, 0.25) is 5.02 Å². The first-order valence-electron chi connectivity index (χ1n) is 13.1. The number of aromatic nitrogens is 1. The maximum Gasteiger partial charge on any atom is 0.243 e. The molecule has 0 radical (unpaired) electrons. The van der Waals surface area contributed by atoms with Crippen LogP contribution in [0.4, 0.5) is 5.82 Å². The first kappa shape index (κ1) is 26.8. The van der Waals surface area contributed by atoms with E-state index in [-0.39, 0.29) is 23.5 Å². The van der Waals surface area contributed by atoms with Crippen LogP contribution >= 0.6 is 11.6 Å². The van der Waals surface area contributed by atoms with Gasteiger partial charge in [0.1, 0.15) is 5.82 Å². The number of hydrogen-bond acceptors (Lipinski definition) is 5. The summed E-state index contributed by atoms with van der Waals surface area (Å²) in [5.74, 6) is 0.376. The number of carbonyl (C=O) groups is 1. The van der Waals surface area contributed by atoms with Gasteiger partial charge in [0.25, 0.3) is 0 Å². The van der Waals surface area contributed by atoms with Crippen molar-refractivity contribution < 1.29 is 18.3 Å². The van der Waals surface area contributed by atoms with Gasteiger partial charge in [-0.1, -0.05) is 61.2 Å². The molecule has 5 rings (SSSR count). The number of halogens is 1. The third-order valence-corrected chi connectivity index (χ3v) is 10.0. The van der Waals surface area contributed by atoms with Gasteiger partial charge in [-0.3, -0.25) is 4.79 Å². The van der Waals surface area contributed by atoms with Crippen LogP contribution in [0, 0.1) is 0 Å².